The smallest absolute Gasteiger partial charge is 0.238 e. The number of nitrogens with zero attached hydrogens (tertiary/aromatic N) is 2. The van der Waals surface area contributed by atoms with E-state index in [0.717, 1.165) is 10.7 Å². The van der Waals surface area contributed by atoms with Crippen LogP contribution in [0.4, 0.5) is 5.69 Å². The number of ether oxygens (including phenoxy) is 1. The number of benzene rings is 1. The zero-order valence-corrected chi connectivity index (χ0v) is 13.7. The van der Waals surface area contributed by atoms with Crippen LogP contribution in [0.5, 0.6) is 5.75 Å². The van der Waals surface area contributed by atoms with Crippen LogP contribution in [0, 0.1) is 6.92 Å². The van der Waals surface area contributed by atoms with E-state index in [1.165, 1.54) is 18.1 Å². The van der Waals surface area contributed by atoms with Gasteiger partial charge in [-0.05, 0) is 31.5 Å². The number of anilines is 1. The van der Waals surface area contributed by atoms with Crippen molar-refractivity contribution in [2.24, 2.45) is 0 Å². The Kier molecular flexibility index (Phi) is 5.77. The first-order valence-corrected chi connectivity index (χ1v) is 7.91. The van der Waals surface area contributed by atoms with Gasteiger partial charge in [-0.15, -0.1) is 0 Å². The Bertz CT molecular complexity index is 649. The molecule has 1 N–H and O–H groups in total. The zero-order chi connectivity index (χ0) is 15.9. The van der Waals surface area contributed by atoms with E-state index in [4.69, 9.17) is 4.74 Å². The monoisotopic (exact) mass is 317 g/mol. The van der Waals surface area contributed by atoms with Crippen LogP contribution in [0.1, 0.15) is 19.0 Å². The van der Waals surface area contributed by atoms with Gasteiger partial charge < -0.3 is 10.1 Å². The molecule has 1 aromatic carbocycles. The summed E-state index contributed by atoms with van der Waals surface area (Å²) >= 11 is 1.44. The lowest BCUT2D eigenvalue weighted by molar-refractivity contribution is -0.115. The molecule has 2 rings (SSSR count). The van der Waals surface area contributed by atoms with Gasteiger partial charge in [0.15, 0.2) is 0 Å². The molecule has 0 saturated carbocycles. The molecule has 0 aliphatic heterocycles. The molecule has 1 heterocycles. The minimum absolute atomic E-state index is 0.0618. The number of amides is 1. The molecule has 0 radical (unpaired) electrons. The van der Waals surface area contributed by atoms with Gasteiger partial charge in [-0.1, -0.05) is 30.8 Å². The Labute approximate surface area is 134 Å². The minimum Gasteiger partial charge on any atom is -0.495 e. The van der Waals surface area contributed by atoms with Crippen molar-refractivity contribution >= 4 is 23.4 Å². The number of para-hydroxylation sites is 2. The number of rotatable bonds is 6. The number of hydrogen-bond donors (Lipinski definition) is 1. The van der Waals surface area contributed by atoms with Crippen LogP contribution in [0.15, 0.2) is 41.7 Å². The van der Waals surface area contributed by atoms with Gasteiger partial charge in [0.25, 0.3) is 0 Å². The fraction of sp³-hybridized carbons (Fsp3) is 0.312. The van der Waals surface area contributed by atoms with E-state index in [-0.39, 0.29) is 11.2 Å². The van der Waals surface area contributed by atoms with E-state index in [0.29, 0.717) is 17.9 Å². The molecule has 0 bridgehead atoms. The summed E-state index contributed by atoms with van der Waals surface area (Å²) in [6.45, 7) is 3.88. The van der Waals surface area contributed by atoms with Crippen LogP contribution < -0.4 is 10.1 Å². The van der Waals surface area contributed by atoms with Gasteiger partial charge in [-0.2, -0.15) is 0 Å². The van der Waals surface area contributed by atoms with Gasteiger partial charge in [0, 0.05) is 5.69 Å². The first-order chi connectivity index (χ1) is 10.6. The maximum atomic E-state index is 12.5. The molecule has 1 aromatic heterocycles. The SMILES string of the molecule is CCC(Sc1cc(C)ncn1)C(=O)Nc1ccccc1OC. The molecule has 0 saturated heterocycles. The van der Waals surface area contributed by atoms with Gasteiger partial charge in [0.2, 0.25) is 5.91 Å². The lowest BCUT2D eigenvalue weighted by Crippen LogP contribution is -2.24. The Hall–Kier alpha value is -2.08. The van der Waals surface area contributed by atoms with E-state index >= 15 is 0 Å². The molecule has 1 atom stereocenters. The van der Waals surface area contributed by atoms with E-state index in [2.05, 4.69) is 15.3 Å². The molecule has 0 aliphatic rings. The van der Waals surface area contributed by atoms with Gasteiger partial charge in [-0.3, -0.25) is 4.79 Å². The molecule has 1 amide bonds. The predicted octanol–water partition coefficient (Wildman–Crippen LogP) is 3.30. The van der Waals surface area contributed by atoms with Gasteiger partial charge in [0.05, 0.1) is 18.0 Å². The second-order valence-electron chi connectivity index (χ2n) is 4.70. The van der Waals surface area contributed by atoms with Crippen molar-refractivity contribution < 1.29 is 9.53 Å². The zero-order valence-electron chi connectivity index (χ0n) is 12.9. The maximum Gasteiger partial charge on any atom is 0.238 e. The van der Waals surface area contributed by atoms with E-state index in [1.54, 1.807) is 7.11 Å². The second-order valence-corrected chi connectivity index (χ2v) is 5.92. The number of thioether (sulfide) groups is 1. The summed E-state index contributed by atoms with van der Waals surface area (Å²) in [5, 5.41) is 3.50. The topological polar surface area (TPSA) is 64.1 Å². The van der Waals surface area contributed by atoms with Crippen LogP contribution in [0.3, 0.4) is 0 Å². The van der Waals surface area contributed by atoms with Crippen molar-refractivity contribution in [1.82, 2.24) is 9.97 Å². The molecule has 22 heavy (non-hydrogen) atoms. The van der Waals surface area contributed by atoms with E-state index in [9.17, 15) is 4.79 Å². The molecule has 116 valence electrons. The minimum atomic E-state index is -0.223. The van der Waals surface area contributed by atoms with E-state index < -0.39 is 0 Å². The molecule has 0 aliphatic carbocycles. The first-order valence-electron chi connectivity index (χ1n) is 7.03. The number of carbonyl (C=O) groups is 1. The average molecular weight is 317 g/mol. The van der Waals surface area contributed by atoms with Gasteiger partial charge in [-0.25, -0.2) is 9.97 Å². The number of carbonyl (C=O) groups excluding carboxylic acids is 1. The normalized spacial score (nSPS) is 11.8. The quantitative estimate of drug-likeness (QED) is 0.654. The average Bonchev–Trinajstić information content (AvgIpc) is 2.53. The van der Waals surface area contributed by atoms with Crippen LogP contribution in [0.2, 0.25) is 0 Å². The molecule has 0 fully saturated rings. The third kappa shape index (κ3) is 4.21. The maximum absolute atomic E-state index is 12.5. The third-order valence-electron chi connectivity index (χ3n) is 3.07. The van der Waals surface area contributed by atoms with Crippen molar-refractivity contribution in [3.05, 3.63) is 42.4 Å². The summed E-state index contributed by atoms with van der Waals surface area (Å²) in [7, 11) is 1.58. The number of aromatic nitrogens is 2. The molecular weight excluding hydrogens is 298 g/mol. The summed E-state index contributed by atoms with van der Waals surface area (Å²) in [4.78, 5) is 20.7. The predicted molar refractivity (Wildman–Crippen MR) is 88.3 cm³/mol. The Balaban J connectivity index is 2.09. The molecule has 0 spiro atoms. The number of nitrogens with one attached hydrogen (secondary N) is 1. The Morgan fingerprint density at radius 3 is 2.82 bits per heavy atom. The van der Waals surface area contributed by atoms with Crippen LogP contribution in [-0.2, 0) is 4.79 Å². The molecule has 2 aromatic rings. The Morgan fingerprint density at radius 2 is 2.14 bits per heavy atom. The molecular formula is C16H19N3O2S. The molecule has 6 heteroatoms. The van der Waals surface area contributed by atoms with E-state index in [1.807, 2.05) is 44.2 Å². The highest BCUT2D eigenvalue weighted by molar-refractivity contribution is 8.00. The van der Waals surface area contributed by atoms with Crippen molar-refractivity contribution in [2.75, 3.05) is 12.4 Å². The fourth-order valence-corrected chi connectivity index (χ4v) is 2.89. The van der Waals surface area contributed by atoms with Gasteiger partial charge >= 0.3 is 0 Å². The summed E-state index contributed by atoms with van der Waals surface area (Å²) in [6, 6.07) is 9.24. The number of methoxy groups -OCH3 is 1. The van der Waals surface area contributed by atoms with Crippen molar-refractivity contribution in [2.45, 2.75) is 30.5 Å². The summed E-state index contributed by atoms with van der Waals surface area (Å²) in [5.74, 6) is 0.585. The van der Waals surface area contributed by atoms with Crippen molar-refractivity contribution in [3.8, 4) is 5.75 Å². The first kappa shape index (κ1) is 16.3. The van der Waals surface area contributed by atoms with Crippen molar-refractivity contribution in [1.29, 1.82) is 0 Å². The molecule has 5 nitrogen and oxygen atoms in total. The lowest BCUT2D eigenvalue weighted by Gasteiger charge is -2.15. The number of aryl methyl sites for hydroxylation is 1. The standard InChI is InChI=1S/C16H19N3O2S/c1-4-14(22-15-9-11(2)17-10-18-15)16(20)19-12-7-5-6-8-13(12)21-3/h5-10,14H,4H2,1-3H3,(H,19,20). The highest BCUT2D eigenvalue weighted by Crippen LogP contribution is 2.27. The van der Waals surface area contributed by atoms with Crippen LogP contribution >= 0.6 is 11.8 Å². The Morgan fingerprint density at radius 1 is 1.36 bits per heavy atom. The summed E-state index contributed by atoms with van der Waals surface area (Å²) < 4.78 is 5.25. The van der Waals surface area contributed by atoms with Crippen molar-refractivity contribution in [3.63, 3.8) is 0 Å². The van der Waals surface area contributed by atoms with Crippen LogP contribution in [-0.4, -0.2) is 28.2 Å². The van der Waals surface area contributed by atoms with Gasteiger partial charge in [0.1, 0.15) is 17.1 Å². The highest BCUT2D eigenvalue weighted by Gasteiger charge is 2.20. The number of hydrogen-bond acceptors (Lipinski definition) is 5. The lowest BCUT2D eigenvalue weighted by atomic mass is 10.2. The summed E-state index contributed by atoms with van der Waals surface area (Å²) in [5.41, 5.74) is 1.56. The third-order valence-corrected chi connectivity index (χ3v) is 4.37. The highest BCUT2D eigenvalue weighted by atomic mass is 32.2. The molecule has 1 unspecified atom stereocenters. The fourth-order valence-electron chi connectivity index (χ4n) is 1.92. The largest absolute Gasteiger partial charge is 0.495 e. The van der Waals surface area contributed by atoms with Crippen LogP contribution in [0.25, 0.3) is 0 Å². The second kappa shape index (κ2) is 7.79. The summed E-state index contributed by atoms with van der Waals surface area (Å²) in [6.07, 6.45) is 2.22.